The van der Waals surface area contributed by atoms with Crippen molar-refractivity contribution in [3.8, 4) is 0 Å². The topological polar surface area (TPSA) is 53.2 Å². The normalized spacial score (nSPS) is 20.9. The number of halogens is 2. The van der Waals surface area contributed by atoms with Crippen LogP contribution in [0.3, 0.4) is 0 Å². The lowest BCUT2D eigenvalue weighted by Crippen LogP contribution is -2.48. The molecule has 1 aliphatic heterocycles. The highest BCUT2D eigenvalue weighted by Gasteiger charge is 2.24. The minimum absolute atomic E-state index is 0. The number of hydrogen-bond donors (Lipinski definition) is 3. The van der Waals surface area contributed by atoms with E-state index < -0.39 is 0 Å². The quantitative estimate of drug-likeness (QED) is 0.712. The Morgan fingerprint density at radius 1 is 1.24 bits per heavy atom. The molecule has 1 amide bonds. The molecule has 1 saturated heterocycles. The van der Waals surface area contributed by atoms with Crippen molar-refractivity contribution in [3.05, 3.63) is 29.3 Å². The number of anilines is 1. The van der Waals surface area contributed by atoms with E-state index in [0.29, 0.717) is 17.9 Å². The molecule has 1 aromatic rings. The highest BCUT2D eigenvalue weighted by atomic mass is 35.5. The maximum atomic E-state index is 12.7. The van der Waals surface area contributed by atoms with Gasteiger partial charge in [-0.15, -0.1) is 24.8 Å². The Kier molecular flexibility index (Phi) is 10.5. The molecule has 0 bridgehead atoms. The molecule has 144 valence electrons. The van der Waals surface area contributed by atoms with Crippen LogP contribution in [0.1, 0.15) is 50.0 Å². The van der Waals surface area contributed by atoms with Crippen LogP contribution < -0.4 is 16.0 Å². The monoisotopic (exact) mass is 389 g/mol. The third kappa shape index (κ3) is 6.36. The highest BCUT2D eigenvalue weighted by Crippen LogP contribution is 2.22. The molecule has 3 unspecified atom stereocenters. The third-order valence-electron chi connectivity index (χ3n) is 5.06. The van der Waals surface area contributed by atoms with Gasteiger partial charge in [0.05, 0.1) is 0 Å². The van der Waals surface area contributed by atoms with Gasteiger partial charge >= 0.3 is 0 Å². The van der Waals surface area contributed by atoms with Crippen LogP contribution >= 0.6 is 24.8 Å². The van der Waals surface area contributed by atoms with Crippen molar-refractivity contribution in [1.82, 2.24) is 10.6 Å². The van der Waals surface area contributed by atoms with Gasteiger partial charge in [0.15, 0.2) is 0 Å². The summed E-state index contributed by atoms with van der Waals surface area (Å²) >= 11 is 0. The molecule has 0 saturated carbocycles. The van der Waals surface area contributed by atoms with E-state index in [1.165, 1.54) is 0 Å². The van der Waals surface area contributed by atoms with Gasteiger partial charge in [-0.3, -0.25) is 4.79 Å². The summed E-state index contributed by atoms with van der Waals surface area (Å²) in [5.41, 5.74) is 2.85. The zero-order chi connectivity index (χ0) is 17.0. The summed E-state index contributed by atoms with van der Waals surface area (Å²) in [5.74, 6) is 1.06. The van der Waals surface area contributed by atoms with Gasteiger partial charge in [-0.2, -0.15) is 0 Å². The lowest BCUT2D eigenvalue weighted by atomic mass is 9.94. The van der Waals surface area contributed by atoms with E-state index in [1.54, 1.807) is 0 Å². The van der Waals surface area contributed by atoms with E-state index >= 15 is 0 Å². The minimum atomic E-state index is 0. The standard InChI is InChI=1S/C19H31N3O.2ClH/c1-12(2)15(5)21-18-8-6-7-16(14(18)4)19(23)22-17-9-10-20-11-13(17)3;;/h6-8,12-13,15,17,20-21H,9-11H2,1-5H3,(H,22,23);2*1H. The predicted molar refractivity (Wildman–Crippen MR) is 112 cm³/mol. The van der Waals surface area contributed by atoms with Crippen LogP contribution in [0, 0.1) is 18.8 Å². The molecule has 2 rings (SSSR count). The Labute approximate surface area is 164 Å². The van der Waals surface area contributed by atoms with Crippen molar-refractivity contribution < 1.29 is 4.79 Å². The minimum Gasteiger partial charge on any atom is -0.382 e. The number of carbonyl (C=O) groups is 1. The highest BCUT2D eigenvalue weighted by molar-refractivity contribution is 5.97. The molecule has 1 aromatic carbocycles. The molecule has 4 nitrogen and oxygen atoms in total. The Morgan fingerprint density at radius 2 is 1.92 bits per heavy atom. The van der Waals surface area contributed by atoms with Crippen molar-refractivity contribution >= 4 is 36.4 Å². The van der Waals surface area contributed by atoms with Crippen molar-refractivity contribution in [2.75, 3.05) is 18.4 Å². The molecule has 1 fully saturated rings. The Balaban J connectivity index is 0.00000288. The second-order valence-electron chi connectivity index (χ2n) is 7.21. The second-order valence-corrected chi connectivity index (χ2v) is 7.21. The summed E-state index contributed by atoms with van der Waals surface area (Å²) in [4.78, 5) is 12.7. The first-order valence-corrected chi connectivity index (χ1v) is 8.78. The molecule has 1 aliphatic rings. The SMILES string of the molecule is Cc1c(NC(C)C(C)C)cccc1C(=O)NC1CCNCC1C.Cl.Cl. The Morgan fingerprint density at radius 3 is 2.52 bits per heavy atom. The van der Waals surface area contributed by atoms with Gasteiger partial charge in [-0.1, -0.05) is 26.8 Å². The van der Waals surface area contributed by atoms with Crippen LogP contribution in [-0.2, 0) is 0 Å². The lowest BCUT2D eigenvalue weighted by Gasteiger charge is -2.30. The smallest absolute Gasteiger partial charge is 0.251 e. The van der Waals surface area contributed by atoms with E-state index in [-0.39, 0.29) is 36.8 Å². The van der Waals surface area contributed by atoms with Gasteiger partial charge in [0.25, 0.3) is 5.91 Å². The second kappa shape index (κ2) is 10.9. The maximum absolute atomic E-state index is 12.7. The zero-order valence-electron chi connectivity index (χ0n) is 15.9. The first-order valence-electron chi connectivity index (χ1n) is 8.78. The molecule has 0 spiro atoms. The fraction of sp³-hybridized carbons (Fsp3) is 0.632. The zero-order valence-corrected chi connectivity index (χ0v) is 17.5. The van der Waals surface area contributed by atoms with Crippen molar-refractivity contribution in [2.45, 2.75) is 53.1 Å². The van der Waals surface area contributed by atoms with Crippen molar-refractivity contribution in [1.29, 1.82) is 0 Å². The van der Waals surface area contributed by atoms with Crippen LogP contribution in [0.2, 0.25) is 0 Å². The molecule has 6 heteroatoms. The largest absolute Gasteiger partial charge is 0.382 e. The number of piperidine rings is 1. The van der Waals surface area contributed by atoms with Crippen LogP contribution in [0.4, 0.5) is 5.69 Å². The predicted octanol–water partition coefficient (Wildman–Crippen LogP) is 4.02. The van der Waals surface area contributed by atoms with Gasteiger partial charge in [0.1, 0.15) is 0 Å². The average molecular weight is 390 g/mol. The number of amides is 1. The van der Waals surface area contributed by atoms with Gasteiger partial charge in [-0.25, -0.2) is 0 Å². The number of hydrogen-bond acceptors (Lipinski definition) is 3. The number of benzene rings is 1. The van der Waals surface area contributed by atoms with Crippen LogP contribution in [-0.4, -0.2) is 31.1 Å². The number of carbonyl (C=O) groups excluding carboxylic acids is 1. The van der Waals surface area contributed by atoms with Crippen LogP contribution in [0.5, 0.6) is 0 Å². The van der Waals surface area contributed by atoms with Crippen molar-refractivity contribution in [2.24, 2.45) is 11.8 Å². The Bertz CT molecular complexity index is 551. The molecule has 3 N–H and O–H groups in total. The van der Waals surface area contributed by atoms with Crippen LogP contribution in [0.15, 0.2) is 18.2 Å². The lowest BCUT2D eigenvalue weighted by molar-refractivity contribution is 0.0913. The number of rotatable bonds is 5. The summed E-state index contributed by atoms with van der Waals surface area (Å²) in [6, 6.07) is 6.56. The van der Waals surface area contributed by atoms with E-state index in [2.05, 4.69) is 49.7 Å². The van der Waals surface area contributed by atoms with Gasteiger partial charge in [0, 0.05) is 23.3 Å². The summed E-state index contributed by atoms with van der Waals surface area (Å²) in [6.07, 6.45) is 0.994. The first-order chi connectivity index (χ1) is 10.9. The molecule has 0 aromatic heterocycles. The summed E-state index contributed by atoms with van der Waals surface area (Å²) in [5, 5.41) is 10.1. The molecule has 25 heavy (non-hydrogen) atoms. The summed E-state index contributed by atoms with van der Waals surface area (Å²) in [7, 11) is 0. The first kappa shape index (κ1) is 24.0. The molecule has 0 aliphatic carbocycles. The van der Waals surface area contributed by atoms with Crippen LogP contribution in [0.25, 0.3) is 0 Å². The summed E-state index contributed by atoms with van der Waals surface area (Å²) < 4.78 is 0. The molecular formula is C19H33Cl2N3O. The van der Waals surface area contributed by atoms with Crippen molar-refractivity contribution in [3.63, 3.8) is 0 Å². The van der Waals surface area contributed by atoms with Gasteiger partial charge in [0.2, 0.25) is 0 Å². The van der Waals surface area contributed by atoms with Gasteiger partial charge in [-0.05, 0) is 62.9 Å². The fourth-order valence-corrected chi connectivity index (χ4v) is 2.92. The maximum Gasteiger partial charge on any atom is 0.251 e. The molecule has 3 atom stereocenters. The molecule has 0 radical (unpaired) electrons. The number of nitrogens with one attached hydrogen (secondary N) is 3. The van der Waals surface area contributed by atoms with E-state index in [1.807, 2.05) is 19.1 Å². The fourth-order valence-electron chi connectivity index (χ4n) is 2.92. The average Bonchev–Trinajstić information content (AvgIpc) is 2.51. The molecule has 1 heterocycles. The third-order valence-corrected chi connectivity index (χ3v) is 5.06. The molecular weight excluding hydrogens is 357 g/mol. The van der Waals surface area contributed by atoms with E-state index in [9.17, 15) is 4.79 Å². The van der Waals surface area contributed by atoms with Gasteiger partial charge < -0.3 is 16.0 Å². The van der Waals surface area contributed by atoms with E-state index in [4.69, 9.17) is 0 Å². The Hall–Kier alpha value is -0.970. The van der Waals surface area contributed by atoms with E-state index in [0.717, 1.165) is 36.3 Å². The summed E-state index contributed by atoms with van der Waals surface area (Å²) in [6.45, 7) is 12.7.